The summed E-state index contributed by atoms with van der Waals surface area (Å²) in [5.41, 5.74) is 0. The summed E-state index contributed by atoms with van der Waals surface area (Å²) in [6.07, 6.45) is 65.3. The van der Waals surface area contributed by atoms with E-state index < -0.39 is 97.5 Å². The Labute approximate surface area is 626 Å². The van der Waals surface area contributed by atoms with Gasteiger partial charge in [0.2, 0.25) is 0 Å². The van der Waals surface area contributed by atoms with Gasteiger partial charge in [-0.3, -0.25) is 37.3 Å². The predicted molar refractivity (Wildman–Crippen MR) is 418 cm³/mol. The second-order valence-corrected chi connectivity index (χ2v) is 33.5. The fraction of sp³-hybridized carbons (Fsp3) is 0.952. The van der Waals surface area contributed by atoms with Crippen molar-refractivity contribution in [3.63, 3.8) is 0 Å². The first-order valence-corrected chi connectivity index (χ1v) is 46.0. The predicted octanol–water partition coefficient (Wildman–Crippen LogP) is 25.1. The third-order valence-electron chi connectivity index (χ3n) is 19.8. The monoisotopic (exact) mass is 1490 g/mol. The highest BCUT2D eigenvalue weighted by Crippen LogP contribution is 2.45. The van der Waals surface area contributed by atoms with Gasteiger partial charge in [-0.05, 0) is 37.5 Å². The number of carbonyl (C=O) groups excluding carboxylic acids is 4. The highest BCUT2D eigenvalue weighted by Gasteiger charge is 2.30. The van der Waals surface area contributed by atoms with E-state index in [1.807, 2.05) is 0 Å². The summed E-state index contributed by atoms with van der Waals surface area (Å²) in [4.78, 5) is 73.0. The quantitative estimate of drug-likeness (QED) is 0.0222. The van der Waals surface area contributed by atoms with Crippen LogP contribution in [0.1, 0.15) is 440 Å². The van der Waals surface area contributed by atoms with Crippen LogP contribution in [-0.4, -0.2) is 96.7 Å². The van der Waals surface area contributed by atoms with Crippen molar-refractivity contribution in [2.45, 2.75) is 458 Å². The lowest BCUT2D eigenvalue weighted by Crippen LogP contribution is -2.30. The molecule has 19 heteroatoms. The maximum absolute atomic E-state index is 13.1. The van der Waals surface area contributed by atoms with E-state index in [2.05, 4.69) is 41.5 Å². The molecule has 0 radical (unpaired) electrons. The van der Waals surface area contributed by atoms with E-state index in [-0.39, 0.29) is 25.7 Å². The standard InChI is InChI=1S/C83H162O17P2/c1-7-10-12-14-16-18-20-21-22-23-24-28-31-34-37-41-48-54-60-66-81(86)94-71-78(99-82(87)67-61-55-49-42-38-35-32-29-26-25-27-30-33-36-39-45-51-57-63-75(4)5)73-97-101(89,90)95-69-77(84)70-96-102(91,92)98-74-79(72-93-80(85)65-59-53-47-40-19-17-15-13-11-8-2)100-83(88)68-62-56-50-44-43-46-52-58-64-76(6)9-3/h75-79,84H,7-74H2,1-6H3,(H,89,90)(H,91,92)/t76?,77-,78-,79-/m1/s1. The average Bonchev–Trinajstić information content (AvgIpc) is 0.923. The lowest BCUT2D eigenvalue weighted by Gasteiger charge is -2.21. The van der Waals surface area contributed by atoms with E-state index >= 15 is 0 Å². The Balaban J connectivity index is 5.21. The highest BCUT2D eigenvalue weighted by molar-refractivity contribution is 7.47. The van der Waals surface area contributed by atoms with Gasteiger partial charge in [0.25, 0.3) is 0 Å². The fourth-order valence-electron chi connectivity index (χ4n) is 12.9. The number of ether oxygens (including phenoxy) is 4. The molecular formula is C83H162O17P2. The van der Waals surface area contributed by atoms with Gasteiger partial charge in [0.1, 0.15) is 19.3 Å². The smallest absolute Gasteiger partial charge is 0.462 e. The summed E-state index contributed by atoms with van der Waals surface area (Å²) in [5.74, 6) is -0.518. The Morgan fingerprint density at radius 3 is 0.745 bits per heavy atom. The summed E-state index contributed by atoms with van der Waals surface area (Å²) in [6.45, 7) is 9.67. The third-order valence-corrected chi connectivity index (χ3v) is 21.7. The minimum Gasteiger partial charge on any atom is -0.462 e. The summed E-state index contributed by atoms with van der Waals surface area (Å²) < 4.78 is 68.7. The number of unbranched alkanes of at least 4 members (excludes halogenated alkanes) is 51. The van der Waals surface area contributed by atoms with Crippen LogP contribution >= 0.6 is 15.6 Å². The molecule has 17 nitrogen and oxygen atoms in total. The number of hydrogen-bond donors (Lipinski definition) is 3. The number of aliphatic hydroxyl groups excluding tert-OH is 1. The molecule has 0 aliphatic heterocycles. The molecule has 0 aromatic heterocycles. The van der Waals surface area contributed by atoms with Crippen LogP contribution in [0.2, 0.25) is 0 Å². The zero-order chi connectivity index (χ0) is 74.9. The number of aliphatic hydroxyl groups is 1. The lowest BCUT2D eigenvalue weighted by molar-refractivity contribution is -0.161. The van der Waals surface area contributed by atoms with Crippen molar-refractivity contribution in [2.24, 2.45) is 11.8 Å². The Hall–Kier alpha value is -1.94. The Bertz CT molecular complexity index is 1960. The molecule has 0 aromatic carbocycles. The van der Waals surface area contributed by atoms with E-state index in [1.165, 1.54) is 257 Å². The number of phosphoric ester groups is 2. The molecule has 0 fully saturated rings. The van der Waals surface area contributed by atoms with Crippen molar-refractivity contribution in [2.75, 3.05) is 39.6 Å². The van der Waals surface area contributed by atoms with Crippen LogP contribution in [0.4, 0.5) is 0 Å². The average molecular weight is 1490 g/mol. The van der Waals surface area contributed by atoms with Crippen LogP contribution in [0, 0.1) is 11.8 Å². The summed E-state index contributed by atoms with van der Waals surface area (Å²) in [5, 5.41) is 10.6. The van der Waals surface area contributed by atoms with Crippen molar-refractivity contribution in [1.82, 2.24) is 0 Å². The Morgan fingerprint density at radius 1 is 0.284 bits per heavy atom. The van der Waals surface area contributed by atoms with Crippen molar-refractivity contribution in [3.8, 4) is 0 Å². The van der Waals surface area contributed by atoms with Gasteiger partial charge in [-0.1, -0.05) is 388 Å². The third kappa shape index (κ3) is 74.9. The van der Waals surface area contributed by atoms with Crippen LogP contribution < -0.4 is 0 Å². The lowest BCUT2D eigenvalue weighted by atomic mass is 9.99. The molecule has 606 valence electrons. The van der Waals surface area contributed by atoms with Gasteiger partial charge in [0.05, 0.1) is 26.4 Å². The molecular weight excluding hydrogens is 1330 g/mol. The largest absolute Gasteiger partial charge is 0.472 e. The van der Waals surface area contributed by atoms with Gasteiger partial charge in [0.15, 0.2) is 12.2 Å². The maximum Gasteiger partial charge on any atom is 0.472 e. The number of rotatable bonds is 82. The molecule has 3 N–H and O–H groups in total. The van der Waals surface area contributed by atoms with Gasteiger partial charge >= 0.3 is 39.5 Å². The van der Waals surface area contributed by atoms with Crippen molar-refractivity contribution in [1.29, 1.82) is 0 Å². The zero-order valence-electron chi connectivity index (χ0n) is 66.9. The Morgan fingerprint density at radius 2 is 0.500 bits per heavy atom. The van der Waals surface area contributed by atoms with E-state index in [9.17, 15) is 43.2 Å². The van der Waals surface area contributed by atoms with E-state index in [0.29, 0.717) is 25.7 Å². The molecule has 0 amide bonds. The molecule has 6 atom stereocenters. The number of hydrogen-bond acceptors (Lipinski definition) is 15. The van der Waals surface area contributed by atoms with E-state index in [0.717, 1.165) is 102 Å². The first-order valence-electron chi connectivity index (χ1n) is 43.0. The molecule has 0 saturated carbocycles. The number of esters is 4. The summed E-state index contributed by atoms with van der Waals surface area (Å²) >= 11 is 0. The van der Waals surface area contributed by atoms with Crippen molar-refractivity contribution >= 4 is 39.5 Å². The maximum atomic E-state index is 13.1. The van der Waals surface area contributed by atoms with Crippen LogP contribution in [0.3, 0.4) is 0 Å². The van der Waals surface area contributed by atoms with Crippen LogP contribution in [-0.2, 0) is 65.4 Å². The molecule has 3 unspecified atom stereocenters. The molecule has 0 saturated heterocycles. The normalized spacial score (nSPS) is 14.1. The first-order chi connectivity index (χ1) is 49.4. The minimum atomic E-state index is -4.96. The summed E-state index contributed by atoms with van der Waals surface area (Å²) in [7, 11) is -9.92. The fourth-order valence-corrected chi connectivity index (χ4v) is 14.4. The molecule has 0 spiro atoms. The van der Waals surface area contributed by atoms with E-state index in [1.54, 1.807) is 0 Å². The molecule has 0 heterocycles. The minimum absolute atomic E-state index is 0.105. The second kappa shape index (κ2) is 74.5. The second-order valence-electron chi connectivity index (χ2n) is 30.6. The van der Waals surface area contributed by atoms with Gasteiger partial charge in [-0.15, -0.1) is 0 Å². The number of carbonyl (C=O) groups is 4. The van der Waals surface area contributed by atoms with Gasteiger partial charge in [0, 0.05) is 25.7 Å². The van der Waals surface area contributed by atoms with E-state index in [4.69, 9.17) is 37.0 Å². The topological polar surface area (TPSA) is 237 Å². The molecule has 0 bridgehead atoms. The zero-order valence-corrected chi connectivity index (χ0v) is 68.7. The molecule has 102 heavy (non-hydrogen) atoms. The highest BCUT2D eigenvalue weighted by atomic mass is 31.2. The molecule has 0 aliphatic carbocycles. The van der Waals surface area contributed by atoms with Crippen LogP contribution in [0.15, 0.2) is 0 Å². The van der Waals surface area contributed by atoms with Crippen molar-refractivity contribution < 1.29 is 80.2 Å². The molecule has 0 rings (SSSR count). The van der Waals surface area contributed by atoms with Crippen LogP contribution in [0.5, 0.6) is 0 Å². The SMILES string of the molecule is CCCCCCCCCCCCCCCCCCCCCC(=O)OC[C@H](COP(=O)(O)OC[C@@H](O)COP(=O)(O)OC[C@@H](COC(=O)CCCCCCCCCCCC)OC(=O)CCCCCCCCCCC(C)CC)OC(=O)CCCCCCCCCCCCCCCCCCCCC(C)C. The molecule has 0 aromatic rings. The first kappa shape index (κ1) is 100. The summed E-state index contributed by atoms with van der Waals surface area (Å²) in [6, 6.07) is 0. The van der Waals surface area contributed by atoms with Crippen molar-refractivity contribution in [3.05, 3.63) is 0 Å². The van der Waals surface area contributed by atoms with Gasteiger partial charge in [-0.2, -0.15) is 0 Å². The Kier molecular flexibility index (Phi) is 73.1. The van der Waals surface area contributed by atoms with Crippen LogP contribution in [0.25, 0.3) is 0 Å². The van der Waals surface area contributed by atoms with Gasteiger partial charge in [-0.25, -0.2) is 9.13 Å². The number of phosphoric acid groups is 2. The van der Waals surface area contributed by atoms with Gasteiger partial charge < -0.3 is 33.8 Å². The molecule has 0 aliphatic rings.